The largest absolute Gasteiger partial charge is 0.458 e. The molecule has 1 aromatic carbocycles. The second-order valence-electron chi connectivity index (χ2n) is 3.64. The van der Waals surface area contributed by atoms with E-state index in [0.29, 0.717) is 15.8 Å². The highest BCUT2D eigenvalue weighted by Gasteiger charge is 2.16. The topological polar surface area (TPSA) is 39.2 Å². The first-order valence-corrected chi connectivity index (χ1v) is 5.43. The predicted octanol–water partition coefficient (Wildman–Crippen LogP) is 3.66. The van der Waals surface area contributed by atoms with Crippen LogP contribution in [0.15, 0.2) is 21.0 Å². The Morgan fingerprint density at radius 1 is 1.47 bits per heavy atom. The lowest BCUT2D eigenvalue weighted by Gasteiger charge is -2.00. The van der Waals surface area contributed by atoms with Crippen molar-refractivity contribution < 1.29 is 8.81 Å². The van der Waals surface area contributed by atoms with E-state index < -0.39 is 0 Å². The van der Waals surface area contributed by atoms with Crippen LogP contribution in [0.4, 0.5) is 4.39 Å². The lowest BCUT2D eigenvalue weighted by Crippen LogP contribution is -2.04. The zero-order valence-corrected chi connectivity index (χ0v) is 10.1. The van der Waals surface area contributed by atoms with E-state index in [9.17, 15) is 4.39 Å². The van der Waals surface area contributed by atoms with Gasteiger partial charge in [-0.05, 0) is 41.9 Å². The van der Waals surface area contributed by atoms with Crippen molar-refractivity contribution in [2.75, 3.05) is 0 Å². The third-order valence-corrected chi connectivity index (χ3v) is 3.00. The first-order chi connectivity index (χ1) is 7.00. The van der Waals surface area contributed by atoms with E-state index in [-0.39, 0.29) is 11.9 Å². The Morgan fingerprint density at radius 3 is 2.73 bits per heavy atom. The van der Waals surface area contributed by atoms with Crippen molar-refractivity contribution in [3.8, 4) is 0 Å². The minimum Gasteiger partial charge on any atom is -0.458 e. The molecular weight excluding hydrogens is 261 g/mol. The summed E-state index contributed by atoms with van der Waals surface area (Å²) in [5, 5.41) is 0.772. The van der Waals surface area contributed by atoms with Crippen LogP contribution < -0.4 is 5.73 Å². The molecule has 1 unspecified atom stereocenters. The third kappa shape index (κ3) is 1.68. The van der Waals surface area contributed by atoms with Gasteiger partial charge in [0.2, 0.25) is 0 Å². The molecule has 80 valence electrons. The van der Waals surface area contributed by atoms with Crippen LogP contribution in [0.3, 0.4) is 0 Å². The quantitative estimate of drug-likeness (QED) is 0.860. The lowest BCUT2D eigenvalue weighted by atomic mass is 10.1. The molecule has 0 fully saturated rings. The van der Waals surface area contributed by atoms with Gasteiger partial charge in [0, 0.05) is 10.9 Å². The van der Waals surface area contributed by atoms with Crippen LogP contribution in [0.5, 0.6) is 0 Å². The van der Waals surface area contributed by atoms with Crippen molar-refractivity contribution in [1.29, 1.82) is 0 Å². The van der Waals surface area contributed by atoms with Crippen LogP contribution in [0.1, 0.15) is 24.3 Å². The van der Waals surface area contributed by atoms with Crippen LogP contribution in [0.25, 0.3) is 11.0 Å². The van der Waals surface area contributed by atoms with Crippen LogP contribution in [0, 0.1) is 12.7 Å². The molecule has 0 aliphatic heterocycles. The monoisotopic (exact) mass is 271 g/mol. The van der Waals surface area contributed by atoms with E-state index >= 15 is 0 Å². The molecule has 1 heterocycles. The van der Waals surface area contributed by atoms with E-state index in [1.807, 2.05) is 13.8 Å². The van der Waals surface area contributed by atoms with Crippen molar-refractivity contribution in [1.82, 2.24) is 0 Å². The Kier molecular flexibility index (Phi) is 2.56. The zero-order chi connectivity index (χ0) is 11.2. The SMILES string of the molecule is Cc1c(C(C)N)oc2c(Br)cc(F)cc12. The van der Waals surface area contributed by atoms with Gasteiger partial charge in [0.05, 0.1) is 10.5 Å². The Balaban J connectivity index is 2.82. The number of benzene rings is 1. The Morgan fingerprint density at radius 2 is 2.13 bits per heavy atom. The summed E-state index contributed by atoms with van der Waals surface area (Å²) < 4.78 is 19.4. The summed E-state index contributed by atoms with van der Waals surface area (Å²) in [6.45, 7) is 3.73. The first kappa shape index (κ1) is 10.6. The number of halogens is 2. The summed E-state index contributed by atoms with van der Waals surface area (Å²) in [4.78, 5) is 0. The standard InChI is InChI=1S/C11H11BrFNO/c1-5-8-3-7(13)4-9(12)11(8)15-10(5)6(2)14/h3-4,6H,14H2,1-2H3. The second kappa shape index (κ2) is 3.61. The van der Waals surface area contributed by atoms with Gasteiger partial charge in [-0.15, -0.1) is 0 Å². The zero-order valence-electron chi connectivity index (χ0n) is 8.47. The van der Waals surface area contributed by atoms with Gasteiger partial charge in [-0.25, -0.2) is 4.39 Å². The molecule has 1 aromatic heterocycles. The molecule has 0 bridgehead atoms. The summed E-state index contributed by atoms with van der Waals surface area (Å²) in [6, 6.07) is 2.66. The highest BCUT2D eigenvalue weighted by molar-refractivity contribution is 9.10. The van der Waals surface area contributed by atoms with Crippen molar-refractivity contribution >= 4 is 26.9 Å². The number of fused-ring (bicyclic) bond motifs is 1. The molecule has 15 heavy (non-hydrogen) atoms. The summed E-state index contributed by atoms with van der Waals surface area (Å²) >= 11 is 3.27. The van der Waals surface area contributed by atoms with Gasteiger partial charge in [-0.2, -0.15) is 0 Å². The lowest BCUT2D eigenvalue weighted by molar-refractivity contribution is 0.507. The first-order valence-electron chi connectivity index (χ1n) is 4.64. The number of hydrogen-bond donors (Lipinski definition) is 1. The smallest absolute Gasteiger partial charge is 0.149 e. The molecule has 2 rings (SSSR count). The van der Waals surface area contributed by atoms with Crippen molar-refractivity contribution in [3.05, 3.63) is 33.7 Å². The molecule has 0 saturated carbocycles. The molecule has 0 aliphatic rings. The second-order valence-corrected chi connectivity index (χ2v) is 4.50. The van der Waals surface area contributed by atoms with E-state index in [1.54, 1.807) is 0 Å². The van der Waals surface area contributed by atoms with Crippen LogP contribution in [-0.4, -0.2) is 0 Å². The van der Waals surface area contributed by atoms with Crippen molar-refractivity contribution in [2.24, 2.45) is 5.73 Å². The Bertz CT molecular complexity index is 519. The Labute approximate surface area is 95.4 Å². The van der Waals surface area contributed by atoms with Gasteiger partial charge >= 0.3 is 0 Å². The number of furan rings is 1. The molecule has 0 spiro atoms. The third-order valence-electron chi connectivity index (χ3n) is 2.41. The van der Waals surface area contributed by atoms with Crippen LogP contribution in [0.2, 0.25) is 0 Å². The molecule has 2 aromatic rings. The van der Waals surface area contributed by atoms with Gasteiger partial charge in [0.15, 0.2) is 0 Å². The van der Waals surface area contributed by atoms with Gasteiger partial charge < -0.3 is 10.2 Å². The predicted molar refractivity (Wildman–Crippen MR) is 61.2 cm³/mol. The molecule has 0 amide bonds. The summed E-state index contributed by atoms with van der Waals surface area (Å²) in [6.07, 6.45) is 0. The summed E-state index contributed by atoms with van der Waals surface area (Å²) in [5.74, 6) is 0.422. The number of aryl methyl sites for hydroxylation is 1. The van der Waals surface area contributed by atoms with Gasteiger partial charge in [-0.1, -0.05) is 0 Å². The van der Waals surface area contributed by atoms with Gasteiger partial charge in [-0.3, -0.25) is 0 Å². The number of rotatable bonds is 1. The minimum atomic E-state index is -0.283. The molecular formula is C11H11BrFNO. The fourth-order valence-electron chi connectivity index (χ4n) is 1.70. The van der Waals surface area contributed by atoms with Gasteiger partial charge in [0.1, 0.15) is 17.2 Å². The van der Waals surface area contributed by atoms with Crippen LogP contribution >= 0.6 is 15.9 Å². The summed E-state index contributed by atoms with van der Waals surface area (Å²) in [5.41, 5.74) is 7.32. The molecule has 2 nitrogen and oxygen atoms in total. The number of hydrogen-bond acceptors (Lipinski definition) is 2. The van der Waals surface area contributed by atoms with E-state index in [0.717, 1.165) is 10.9 Å². The minimum absolute atomic E-state index is 0.188. The maximum Gasteiger partial charge on any atom is 0.149 e. The van der Waals surface area contributed by atoms with E-state index in [4.69, 9.17) is 10.2 Å². The molecule has 0 aliphatic carbocycles. The fourth-order valence-corrected chi connectivity index (χ4v) is 2.21. The average molecular weight is 272 g/mol. The molecule has 0 radical (unpaired) electrons. The maximum absolute atomic E-state index is 13.2. The summed E-state index contributed by atoms with van der Waals surface area (Å²) in [7, 11) is 0. The van der Waals surface area contributed by atoms with Crippen LogP contribution in [-0.2, 0) is 0 Å². The van der Waals surface area contributed by atoms with Crippen molar-refractivity contribution in [3.63, 3.8) is 0 Å². The average Bonchev–Trinajstić information content (AvgIpc) is 2.44. The van der Waals surface area contributed by atoms with Crippen molar-refractivity contribution in [2.45, 2.75) is 19.9 Å². The molecule has 2 N–H and O–H groups in total. The van der Waals surface area contributed by atoms with E-state index in [1.165, 1.54) is 12.1 Å². The Hall–Kier alpha value is -0.870. The van der Waals surface area contributed by atoms with Gasteiger partial charge in [0.25, 0.3) is 0 Å². The maximum atomic E-state index is 13.2. The molecule has 1 atom stereocenters. The highest BCUT2D eigenvalue weighted by Crippen LogP contribution is 2.33. The normalized spacial score (nSPS) is 13.4. The number of nitrogens with two attached hydrogens (primary N) is 1. The molecule has 0 saturated heterocycles. The molecule has 4 heteroatoms. The highest BCUT2D eigenvalue weighted by atomic mass is 79.9. The fraction of sp³-hybridized carbons (Fsp3) is 0.273. The van der Waals surface area contributed by atoms with E-state index in [2.05, 4.69) is 15.9 Å².